The van der Waals surface area contributed by atoms with Gasteiger partial charge in [-0.1, -0.05) is 57.3 Å². The third-order valence-corrected chi connectivity index (χ3v) is 5.59. The summed E-state index contributed by atoms with van der Waals surface area (Å²) in [4.78, 5) is 12.0. The Hall–Kier alpha value is -1.60. The van der Waals surface area contributed by atoms with Crippen molar-refractivity contribution in [2.24, 2.45) is 5.10 Å². The van der Waals surface area contributed by atoms with Crippen LogP contribution in [0.5, 0.6) is 5.75 Å². The van der Waals surface area contributed by atoms with Crippen LogP contribution in [0.4, 0.5) is 0 Å². The van der Waals surface area contributed by atoms with Crippen molar-refractivity contribution in [3.8, 4) is 5.75 Å². The van der Waals surface area contributed by atoms with Gasteiger partial charge in [0.25, 0.3) is 5.91 Å². The van der Waals surface area contributed by atoms with Gasteiger partial charge < -0.3 is 4.74 Å². The van der Waals surface area contributed by atoms with E-state index in [1.54, 1.807) is 24.3 Å². The predicted octanol–water partition coefficient (Wildman–Crippen LogP) is 6.20. The van der Waals surface area contributed by atoms with Gasteiger partial charge in [0.1, 0.15) is 5.75 Å². The van der Waals surface area contributed by atoms with E-state index in [0.29, 0.717) is 21.4 Å². The highest BCUT2D eigenvalue weighted by molar-refractivity contribution is 9.11. The first-order valence-electron chi connectivity index (χ1n) is 7.72. The van der Waals surface area contributed by atoms with Crippen molar-refractivity contribution in [1.82, 2.24) is 5.43 Å². The summed E-state index contributed by atoms with van der Waals surface area (Å²) in [6, 6.07) is 14.8. The molecule has 0 spiro atoms. The first-order chi connectivity index (χ1) is 13.0. The second-order valence-corrected chi connectivity index (χ2v) is 7.98. The number of hydrogen-bond acceptors (Lipinski definition) is 3. The van der Waals surface area contributed by atoms with Gasteiger partial charge in [-0.05, 0) is 57.0 Å². The molecule has 0 saturated carbocycles. The lowest BCUT2D eigenvalue weighted by Crippen LogP contribution is -2.24. The molecule has 1 N–H and O–H groups in total. The van der Waals surface area contributed by atoms with Crippen LogP contribution in [0.15, 0.2) is 62.6 Å². The summed E-state index contributed by atoms with van der Waals surface area (Å²) in [7, 11) is 0. The first kappa shape index (κ1) is 20.1. The van der Waals surface area contributed by atoms with Gasteiger partial charge in [0.05, 0.1) is 20.7 Å². The maximum absolute atomic E-state index is 12.0. The fourth-order valence-electron chi connectivity index (χ4n) is 2.33. The van der Waals surface area contributed by atoms with E-state index in [4.69, 9.17) is 27.9 Å². The SMILES string of the molecule is O=C(COc1ccc2cc(Br)ccc2c1Br)NN=Cc1c(Cl)cccc1Cl. The summed E-state index contributed by atoms with van der Waals surface area (Å²) < 4.78 is 7.37. The lowest BCUT2D eigenvalue weighted by atomic mass is 10.1. The largest absolute Gasteiger partial charge is 0.483 e. The predicted molar refractivity (Wildman–Crippen MR) is 117 cm³/mol. The molecule has 0 saturated heterocycles. The minimum Gasteiger partial charge on any atom is -0.483 e. The number of ether oxygens (including phenoxy) is 1. The summed E-state index contributed by atoms with van der Waals surface area (Å²) in [6.07, 6.45) is 1.40. The molecular weight excluding hydrogens is 519 g/mol. The zero-order valence-corrected chi connectivity index (χ0v) is 18.4. The van der Waals surface area contributed by atoms with Crippen molar-refractivity contribution >= 4 is 78.0 Å². The highest BCUT2D eigenvalue weighted by atomic mass is 79.9. The van der Waals surface area contributed by atoms with E-state index in [9.17, 15) is 4.79 Å². The average Bonchev–Trinajstić information content (AvgIpc) is 2.63. The molecule has 0 aromatic heterocycles. The van der Waals surface area contributed by atoms with Gasteiger partial charge in [0.15, 0.2) is 6.61 Å². The number of nitrogens with one attached hydrogen (secondary N) is 1. The van der Waals surface area contributed by atoms with Crippen LogP contribution in [0.3, 0.4) is 0 Å². The number of carbonyl (C=O) groups is 1. The van der Waals surface area contributed by atoms with Crippen LogP contribution in [-0.2, 0) is 4.79 Å². The van der Waals surface area contributed by atoms with Gasteiger partial charge >= 0.3 is 0 Å². The van der Waals surface area contributed by atoms with E-state index in [-0.39, 0.29) is 6.61 Å². The quantitative estimate of drug-likeness (QED) is 0.315. The van der Waals surface area contributed by atoms with E-state index >= 15 is 0 Å². The van der Waals surface area contributed by atoms with E-state index in [0.717, 1.165) is 19.7 Å². The molecular formula is C19H12Br2Cl2N2O2. The lowest BCUT2D eigenvalue weighted by Gasteiger charge is -2.10. The first-order valence-corrected chi connectivity index (χ1v) is 10.1. The topological polar surface area (TPSA) is 50.7 Å². The molecule has 0 aliphatic carbocycles. The van der Waals surface area contributed by atoms with Crippen LogP contribution in [0.2, 0.25) is 10.0 Å². The third kappa shape index (κ3) is 5.02. The number of hydrazone groups is 1. The number of nitrogens with zero attached hydrogens (tertiary/aromatic N) is 1. The maximum atomic E-state index is 12.0. The molecule has 4 nitrogen and oxygen atoms in total. The average molecular weight is 531 g/mol. The summed E-state index contributed by atoms with van der Waals surface area (Å²) >= 11 is 19.0. The molecule has 0 fully saturated rings. The Balaban J connectivity index is 1.62. The minimum atomic E-state index is -0.405. The van der Waals surface area contributed by atoms with Gasteiger partial charge in [0, 0.05) is 10.0 Å². The second kappa shape index (κ2) is 9.06. The van der Waals surface area contributed by atoms with Gasteiger partial charge in [-0.15, -0.1) is 0 Å². The highest BCUT2D eigenvalue weighted by Crippen LogP contribution is 2.34. The molecule has 0 radical (unpaired) electrons. The van der Waals surface area contributed by atoms with Crippen LogP contribution in [0.1, 0.15) is 5.56 Å². The second-order valence-electron chi connectivity index (χ2n) is 5.46. The van der Waals surface area contributed by atoms with Gasteiger partial charge in [0.2, 0.25) is 0 Å². The number of amides is 1. The molecule has 8 heteroatoms. The maximum Gasteiger partial charge on any atom is 0.277 e. The van der Waals surface area contributed by atoms with Crippen LogP contribution in [-0.4, -0.2) is 18.7 Å². The minimum absolute atomic E-state index is 0.186. The van der Waals surface area contributed by atoms with Crippen LogP contribution >= 0.6 is 55.1 Å². The Labute approximate surface area is 182 Å². The fraction of sp³-hybridized carbons (Fsp3) is 0.0526. The molecule has 3 aromatic rings. The van der Waals surface area contributed by atoms with Crippen molar-refractivity contribution in [3.05, 3.63) is 73.1 Å². The summed E-state index contributed by atoms with van der Waals surface area (Å²) in [6.45, 7) is -0.186. The molecule has 0 aliphatic heterocycles. The van der Waals surface area contributed by atoms with E-state index in [2.05, 4.69) is 42.4 Å². The van der Waals surface area contributed by atoms with E-state index in [1.807, 2.05) is 24.3 Å². The zero-order valence-electron chi connectivity index (χ0n) is 13.7. The van der Waals surface area contributed by atoms with E-state index < -0.39 is 5.91 Å². The normalized spacial score (nSPS) is 11.1. The lowest BCUT2D eigenvalue weighted by molar-refractivity contribution is -0.123. The Kier molecular flexibility index (Phi) is 6.76. The standard InChI is InChI=1S/C19H12Br2Cl2N2O2/c20-12-5-6-13-11(8-12)4-7-17(19(13)21)27-10-18(26)25-24-9-14-15(22)2-1-3-16(14)23/h1-9H,10H2,(H,25,26). The van der Waals surface area contributed by atoms with Crippen molar-refractivity contribution in [1.29, 1.82) is 0 Å². The summed E-state index contributed by atoms with van der Waals surface area (Å²) in [5.41, 5.74) is 2.92. The molecule has 3 rings (SSSR count). The number of halogens is 4. The van der Waals surface area contributed by atoms with Crippen molar-refractivity contribution in [3.63, 3.8) is 0 Å². The molecule has 0 bridgehead atoms. The van der Waals surface area contributed by atoms with E-state index in [1.165, 1.54) is 6.21 Å². The monoisotopic (exact) mass is 528 g/mol. The van der Waals surface area contributed by atoms with Crippen molar-refractivity contribution in [2.75, 3.05) is 6.61 Å². The molecule has 0 atom stereocenters. The Morgan fingerprint density at radius 3 is 2.59 bits per heavy atom. The molecule has 0 unspecified atom stereocenters. The van der Waals surface area contributed by atoms with Crippen LogP contribution in [0.25, 0.3) is 10.8 Å². The van der Waals surface area contributed by atoms with Crippen molar-refractivity contribution in [2.45, 2.75) is 0 Å². The molecule has 0 heterocycles. The summed E-state index contributed by atoms with van der Waals surface area (Å²) in [5, 5.41) is 6.80. The Morgan fingerprint density at radius 1 is 1.11 bits per heavy atom. The summed E-state index contributed by atoms with van der Waals surface area (Å²) in [5.74, 6) is 0.162. The van der Waals surface area contributed by atoms with Crippen LogP contribution < -0.4 is 10.2 Å². The number of hydrogen-bond donors (Lipinski definition) is 1. The molecule has 3 aromatic carbocycles. The van der Waals surface area contributed by atoms with Gasteiger partial charge in [-0.25, -0.2) is 5.43 Å². The smallest absolute Gasteiger partial charge is 0.277 e. The molecule has 27 heavy (non-hydrogen) atoms. The molecule has 138 valence electrons. The number of carbonyl (C=O) groups excluding carboxylic acids is 1. The molecule has 1 amide bonds. The van der Waals surface area contributed by atoms with Crippen molar-refractivity contribution < 1.29 is 9.53 Å². The number of benzene rings is 3. The van der Waals surface area contributed by atoms with Crippen LogP contribution in [0, 0.1) is 0 Å². The zero-order chi connectivity index (χ0) is 19.4. The fourth-order valence-corrected chi connectivity index (χ4v) is 3.81. The number of rotatable bonds is 5. The van der Waals surface area contributed by atoms with Gasteiger partial charge in [-0.3, -0.25) is 4.79 Å². The number of fused-ring (bicyclic) bond motifs is 1. The Bertz CT molecular complexity index is 1020. The highest BCUT2D eigenvalue weighted by Gasteiger charge is 2.09. The molecule has 0 aliphatic rings. The third-order valence-electron chi connectivity index (χ3n) is 3.62. The Morgan fingerprint density at radius 2 is 1.85 bits per heavy atom. The van der Waals surface area contributed by atoms with Gasteiger partial charge in [-0.2, -0.15) is 5.10 Å².